The predicted octanol–water partition coefficient (Wildman–Crippen LogP) is 7.40. The van der Waals surface area contributed by atoms with Gasteiger partial charge in [0.1, 0.15) is 11.6 Å². The Morgan fingerprint density at radius 1 is 0.864 bits per heavy atom. The Balaban J connectivity index is 0.000000499. The van der Waals surface area contributed by atoms with Crippen LogP contribution in [-0.4, -0.2) is 57.7 Å². The summed E-state index contributed by atoms with van der Waals surface area (Å²) >= 11 is 0. The molecule has 0 spiro atoms. The van der Waals surface area contributed by atoms with Gasteiger partial charge in [-0.3, -0.25) is 9.69 Å². The number of nitrogens with zero attached hydrogens (tertiary/aromatic N) is 1. The number of unbranched alkanes of at least 4 members (excludes halogenated alkanes) is 1. The lowest BCUT2D eigenvalue weighted by atomic mass is 10.0. The second-order valence-corrected chi connectivity index (χ2v) is 12.3. The van der Waals surface area contributed by atoms with Crippen molar-refractivity contribution < 1.29 is 22.7 Å². The molecule has 0 bridgehead atoms. The molecular weight excluding hydrogens is 572 g/mol. The Kier molecular flexibility index (Phi) is 19.0. The zero-order valence-corrected chi connectivity index (χ0v) is 28.5. The number of sulfonamides is 1. The fourth-order valence-electron chi connectivity index (χ4n) is 4.31. The third-order valence-corrected chi connectivity index (χ3v) is 7.93. The summed E-state index contributed by atoms with van der Waals surface area (Å²) in [5, 5.41) is 0. The molecule has 3 aromatic rings. The number of benzene rings is 3. The molecule has 242 valence electrons. The minimum absolute atomic E-state index is 0.0775. The van der Waals surface area contributed by atoms with Gasteiger partial charge in [-0.05, 0) is 69.5 Å². The van der Waals surface area contributed by atoms with Crippen LogP contribution >= 0.6 is 0 Å². The number of aryl methyl sites for hydroxylation is 1. The SMILES string of the molecule is CC.CC(=O)CC(NS(=O)(=O)c1ccc(-c2cccc(C)c2)cc1)c1ccccc1.CC(C)=O.CCCCN1CCOCC1. The summed E-state index contributed by atoms with van der Waals surface area (Å²) < 4.78 is 33.7. The first-order valence-electron chi connectivity index (χ1n) is 15.5. The summed E-state index contributed by atoms with van der Waals surface area (Å²) in [6.45, 7) is 18.2. The van der Waals surface area contributed by atoms with E-state index >= 15 is 0 Å². The average molecular weight is 625 g/mol. The molecule has 0 aliphatic carbocycles. The van der Waals surface area contributed by atoms with Crippen molar-refractivity contribution >= 4 is 21.6 Å². The standard InChI is InChI=1S/C23H23NO3S.C8H17NO.C3H6O.C2H6/c1-17-7-6-10-21(15-17)19-11-13-22(14-12-19)28(26,27)24-23(16-18(2)25)20-8-4-3-5-9-20;1-2-3-4-9-5-7-10-8-6-9;1-3(2)4;1-2/h3-15,23-24H,16H2,1-2H3;2-8H2,1H3;1-2H3;1-2H3. The Hall–Kier alpha value is -3.17. The molecule has 7 nitrogen and oxygen atoms in total. The number of nitrogens with one attached hydrogen (secondary N) is 1. The molecular formula is C36H52N2O5S. The van der Waals surface area contributed by atoms with E-state index in [-0.39, 0.29) is 22.9 Å². The van der Waals surface area contributed by atoms with Crippen molar-refractivity contribution in [3.8, 4) is 11.1 Å². The first-order valence-corrected chi connectivity index (χ1v) is 17.0. The van der Waals surface area contributed by atoms with E-state index in [1.807, 2.05) is 69.3 Å². The second-order valence-electron chi connectivity index (χ2n) is 10.6. The molecule has 1 saturated heterocycles. The van der Waals surface area contributed by atoms with Crippen molar-refractivity contribution in [3.63, 3.8) is 0 Å². The normalized spacial score (nSPS) is 13.5. The molecule has 1 atom stereocenters. The van der Waals surface area contributed by atoms with E-state index in [1.165, 1.54) is 40.2 Å². The van der Waals surface area contributed by atoms with Gasteiger partial charge in [0.05, 0.1) is 24.2 Å². The molecule has 1 fully saturated rings. The third-order valence-electron chi connectivity index (χ3n) is 6.44. The van der Waals surface area contributed by atoms with E-state index in [1.54, 1.807) is 24.3 Å². The topological polar surface area (TPSA) is 92.8 Å². The highest BCUT2D eigenvalue weighted by molar-refractivity contribution is 7.89. The lowest BCUT2D eigenvalue weighted by molar-refractivity contribution is -0.117. The van der Waals surface area contributed by atoms with Crippen LogP contribution in [0.5, 0.6) is 0 Å². The van der Waals surface area contributed by atoms with E-state index in [0.29, 0.717) is 0 Å². The van der Waals surface area contributed by atoms with Crippen molar-refractivity contribution in [1.82, 2.24) is 9.62 Å². The highest BCUT2D eigenvalue weighted by atomic mass is 32.2. The fourth-order valence-corrected chi connectivity index (χ4v) is 5.54. The highest BCUT2D eigenvalue weighted by Gasteiger charge is 2.22. The van der Waals surface area contributed by atoms with Crippen LogP contribution in [0.15, 0.2) is 83.8 Å². The quantitative estimate of drug-likeness (QED) is 0.253. The van der Waals surface area contributed by atoms with Gasteiger partial charge in [0.15, 0.2) is 0 Å². The van der Waals surface area contributed by atoms with Crippen LogP contribution in [0.2, 0.25) is 0 Å². The molecule has 8 heteroatoms. The van der Waals surface area contributed by atoms with Gasteiger partial charge < -0.3 is 9.53 Å². The molecule has 1 N–H and O–H groups in total. The van der Waals surface area contributed by atoms with Crippen LogP contribution in [0.4, 0.5) is 0 Å². The summed E-state index contributed by atoms with van der Waals surface area (Å²) in [5.74, 6) is 0.0892. The molecule has 1 heterocycles. The van der Waals surface area contributed by atoms with E-state index in [0.717, 1.165) is 48.6 Å². The van der Waals surface area contributed by atoms with E-state index in [2.05, 4.69) is 22.6 Å². The largest absolute Gasteiger partial charge is 0.379 e. The molecule has 3 aromatic carbocycles. The molecule has 0 amide bonds. The zero-order valence-electron chi connectivity index (χ0n) is 27.6. The monoisotopic (exact) mass is 624 g/mol. The number of ether oxygens (including phenoxy) is 1. The first-order chi connectivity index (χ1) is 21.0. The fraction of sp³-hybridized carbons (Fsp3) is 0.444. The highest BCUT2D eigenvalue weighted by Crippen LogP contribution is 2.24. The minimum Gasteiger partial charge on any atom is -0.379 e. The Bertz CT molecular complexity index is 1330. The number of morpholine rings is 1. The average Bonchev–Trinajstić information content (AvgIpc) is 3.01. The summed E-state index contributed by atoms with van der Waals surface area (Å²) in [6.07, 6.45) is 2.74. The molecule has 0 aromatic heterocycles. The number of carbonyl (C=O) groups is 2. The van der Waals surface area contributed by atoms with Crippen LogP contribution < -0.4 is 4.72 Å². The predicted molar refractivity (Wildman–Crippen MR) is 181 cm³/mol. The molecule has 4 rings (SSSR count). The van der Waals surface area contributed by atoms with Crippen LogP contribution in [0.3, 0.4) is 0 Å². The molecule has 44 heavy (non-hydrogen) atoms. The van der Waals surface area contributed by atoms with Crippen LogP contribution in [0.1, 0.15) is 78.0 Å². The van der Waals surface area contributed by atoms with Gasteiger partial charge in [0.25, 0.3) is 0 Å². The number of rotatable bonds is 10. The van der Waals surface area contributed by atoms with Crippen LogP contribution in [0, 0.1) is 6.92 Å². The number of hydrogen-bond acceptors (Lipinski definition) is 6. The number of ketones is 2. The zero-order chi connectivity index (χ0) is 33.0. The van der Waals surface area contributed by atoms with Crippen molar-refractivity contribution in [2.45, 2.75) is 78.7 Å². The van der Waals surface area contributed by atoms with Crippen molar-refractivity contribution in [2.75, 3.05) is 32.8 Å². The minimum atomic E-state index is -3.76. The summed E-state index contributed by atoms with van der Waals surface area (Å²) in [7, 11) is -3.76. The van der Waals surface area contributed by atoms with Gasteiger partial charge in [-0.2, -0.15) is 0 Å². The van der Waals surface area contributed by atoms with Gasteiger partial charge in [0.2, 0.25) is 10.0 Å². The third kappa shape index (κ3) is 15.5. The van der Waals surface area contributed by atoms with Gasteiger partial charge in [-0.25, -0.2) is 13.1 Å². The Labute approximate surface area is 266 Å². The van der Waals surface area contributed by atoms with E-state index < -0.39 is 16.1 Å². The summed E-state index contributed by atoms with van der Waals surface area (Å²) in [5.41, 5.74) is 3.89. The lowest BCUT2D eigenvalue weighted by Crippen LogP contribution is -2.36. The molecule has 1 aliphatic heterocycles. The number of Topliss-reactive ketones (excluding diaryl/α,β-unsaturated/α-hetero) is 2. The van der Waals surface area contributed by atoms with E-state index in [9.17, 15) is 18.0 Å². The van der Waals surface area contributed by atoms with E-state index in [4.69, 9.17) is 4.74 Å². The summed E-state index contributed by atoms with van der Waals surface area (Å²) in [6, 6.07) is 23.4. The Morgan fingerprint density at radius 3 is 1.98 bits per heavy atom. The number of carbonyl (C=O) groups excluding carboxylic acids is 2. The second kappa shape index (κ2) is 21.5. The maximum absolute atomic E-state index is 12.9. The summed E-state index contributed by atoms with van der Waals surface area (Å²) in [4.78, 5) is 23.7. The maximum atomic E-state index is 12.9. The maximum Gasteiger partial charge on any atom is 0.241 e. The van der Waals surface area contributed by atoms with Crippen molar-refractivity contribution in [3.05, 3.63) is 90.0 Å². The van der Waals surface area contributed by atoms with Crippen LogP contribution in [0.25, 0.3) is 11.1 Å². The first kappa shape index (κ1) is 38.9. The molecule has 0 saturated carbocycles. The molecule has 1 unspecified atom stereocenters. The van der Waals surface area contributed by atoms with Crippen molar-refractivity contribution in [1.29, 1.82) is 0 Å². The van der Waals surface area contributed by atoms with Gasteiger partial charge in [-0.15, -0.1) is 0 Å². The smallest absolute Gasteiger partial charge is 0.241 e. The van der Waals surface area contributed by atoms with Gasteiger partial charge >= 0.3 is 0 Å². The van der Waals surface area contributed by atoms with Gasteiger partial charge in [-0.1, -0.05) is 99.5 Å². The Morgan fingerprint density at radius 2 is 1.45 bits per heavy atom. The molecule has 1 aliphatic rings. The van der Waals surface area contributed by atoms with Crippen LogP contribution in [-0.2, 0) is 24.3 Å². The lowest BCUT2D eigenvalue weighted by Gasteiger charge is -2.26. The van der Waals surface area contributed by atoms with Crippen molar-refractivity contribution in [2.24, 2.45) is 0 Å². The van der Waals surface area contributed by atoms with Gasteiger partial charge in [0, 0.05) is 19.5 Å². The molecule has 0 radical (unpaired) electrons. The number of hydrogen-bond donors (Lipinski definition) is 1.